The zero-order valence-corrected chi connectivity index (χ0v) is 18.6. The van der Waals surface area contributed by atoms with Gasteiger partial charge in [-0.05, 0) is 49.1 Å². The van der Waals surface area contributed by atoms with Gasteiger partial charge in [0.15, 0.2) is 11.6 Å². The van der Waals surface area contributed by atoms with Crippen LogP contribution in [0.15, 0.2) is 59.9 Å². The van der Waals surface area contributed by atoms with Gasteiger partial charge in [0.2, 0.25) is 0 Å². The zero-order valence-electron chi connectivity index (χ0n) is 18.6. The SMILES string of the molecule is N#CCN1C[C@@H](NC(=O)N/C(Nc2ccccc2)=C2\CCCC2=N)[C@H](c2ccc(F)c(F)c2)C1. The van der Waals surface area contributed by atoms with E-state index in [1.54, 1.807) is 0 Å². The Bertz CT molecular complexity index is 1140. The molecule has 4 N–H and O–H groups in total. The molecule has 2 aliphatic rings. The summed E-state index contributed by atoms with van der Waals surface area (Å²) in [4.78, 5) is 14.9. The van der Waals surface area contributed by atoms with E-state index >= 15 is 0 Å². The third-order valence-corrected chi connectivity index (χ3v) is 6.18. The predicted octanol–water partition coefficient (Wildman–Crippen LogP) is 4.08. The van der Waals surface area contributed by atoms with Crippen molar-refractivity contribution in [1.29, 1.82) is 10.7 Å². The topological polar surface area (TPSA) is 104 Å². The molecule has 1 saturated heterocycles. The highest BCUT2D eigenvalue weighted by atomic mass is 19.2. The van der Waals surface area contributed by atoms with Crippen LogP contribution in [0, 0.1) is 28.4 Å². The summed E-state index contributed by atoms with van der Waals surface area (Å²) < 4.78 is 27.3. The van der Waals surface area contributed by atoms with Gasteiger partial charge < -0.3 is 16.0 Å². The number of allylic oxidation sites excluding steroid dienone is 1. The Morgan fingerprint density at radius 3 is 2.59 bits per heavy atom. The lowest BCUT2D eigenvalue weighted by atomic mass is 9.94. The second-order valence-electron chi connectivity index (χ2n) is 8.51. The van der Waals surface area contributed by atoms with Crippen LogP contribution in [0.4, 0.5) is 19.3 Å². The Morgan fingerprint density at radius 2 is 1.91 bits per heavy atom. The number of nitriles is 1. The van der Waals surface area contributed by atoms with E-state index in [4.69, 9.17) is 10.7 Å². The van der Waals surface area contributed by atoms with Crippen molar-refractivity contribution in [1.82, 2.24) is 15.5 Å². The number of para-hydroxylation sites is 1. The number of hydrogen-bond acceptors (Lipinski definition) is 5. The number of carbonyl (C=O) groups is 1. The van der Waals surface area contributed by atoms with Gasteiger partial charge in [-0.2, -0.15) is 5.26 Å². The van der Waals surface area contributed by atoms with Crippen LogP contribution in [0.25, 0.3) is 0 Å². The molecule has 2 atom stereocenters. The summed E-state index contributed by atoms with van der Waals surface area (Å²) in [6, 6.07) is 14.3. The Labute approximate surface area is 197 Å². The molecule has 1 heterocycles. The van der Waals surface area contributed by atoms with Crippen LogP contribution in [-0.4, -0.2) is 42.3 Å². The summed E-state index contributed by atoms with van der Waals surface area (Å²) in [5.74, 6) is -1.72. The minimum absolute atomic E-state index is 0.169. The van der Waals surface area contributed by atoms with Crippen molar-refractivity contribution in [2.75, 3.05) is 25.0 Å². The molecule has 34 heavy (non-hydrogen) atoms. The number of carbonyl (C=O) groups excluding carboxylic acids is 1. The molecule has 2 aromatic rings. The lowest BCUT2D eigenvalue weighted by molar-refractivity contribution is 0.238. The van der Waals surface area contributed by atoms with Gasteiger partial charge >= 0.3 is 6.03 Å². The molecule has 0 bridgehead atoms. The largest absolute Gasteiger partial charge is 0.341 e. The Kier molecular flexibility index (Phi) is 7.18. The molecule has 1 saturated carbocycles. The normalized spacial score (nSPS) is 21.7. The van der Waals surface area contributed by atoms with E-state index in [9.17, 15) is 13.6 Å². The summed E-state index contributed by atoms with van der Waals surface area (Å²) in [6.45, 7) is 1.00. The monoisotopic (exact) mass is 464 g/mol. The quantitative estimate of drug-likeness (QED) is 0.484. The number of urea groups is 1. The number of likely N-dealkylation sites (tertiary alicyclic amines) is 1. The zero-order chi connectivity index (χ0) is 24.1. The number of halogens is 2. The molecule has 1 aliphatic heterocycles. The third kappa shape index (κ3) is 5.41. The van der Waals surface area contributed by atoms with E-state index in [1.807, 2.05) is 35.2 Å². The van der Waals surface area contributed by atoms with Crippen LogP contribution in [0.1, 0.15) is 30.7 Å². The van der Waals surface area contributed by atoms with Gasteiger partial charge in [0.25, 0.3) is 0 Å². The summed E-state index contributed by atoms with van der Waals surface area (Å²) >= 11 is 0. The van der Waals surface area contributed by atoms with Gasteiger partial charge in [-0.15, -0.1) is 0 Å². The number of rotatable bonds is 6. The van der Waals surface area contributed by atoms with Gasteiger partial charge in [0.1, 0.15) is 5.82 Å². The summed E-state index contributed by atoms with van der Waals surface area (Å²) in [5.41, 5.74) is 2.59. The number of nitrogens with zero attached hydrogens (tertiary/aromatic N) is 2. The molecule has 9 heteroatoms. The first-order chi connectivity index (χ1) is 16.4. The van der Waals surface area contributed by atoms with E-state index in [0.717, 1.165) is 29.8 Å². The number of hydrogen-bond donors (Lipinski definition) is 4. The minimum atomic E-state index is -0.946. The van der Waals surface area contributed by atoms with Gasteiger partial charge in [-0.25, -0.2) is 13.6 Å². The highest BCUT2D eigenvalue weighted by Gasteiger charge is 2.35. The van der Waals surface area contributed by atoms with E-state index in [2.05, 4.69) is 22.0 Å². The van der Waals surface area contributed by atoms with Crippen LogP contribution >= 0.6 is 0 Å². The Morgan fingerprint density at radius 1 is 1.12 bits per heavy atom. The van der Waals surface area contributed by atoms with E-state index in [1.165, 1.54) is 6.07 Å². The number of benzene rings is 2. The second kappa shape index (κ2) is 10.4. The highest BCUT2D eigenvalue weighted by molar-refractivity contribution is 6.01. The lowest BCUT2D eigenvalue weighted by Gasteiger charge is -2.22. The first-order valence-electron chi connectivity index (χ1n) is 11.2. The van der Waals surface area contributed by atoms with Crippen molar-refractivity contribution in [2.45, 2.75) is 31.2 Å². The molecule has 4 rings (SSSR count). The van der Waals surface area contributed by atoms with Crippen molar-refractivity contribution in [3.05, 3.63) is 77.1 Å². The van der Waals surface area contributed by atoms with Gasteiger partial charge in [0.05, 0.1) is 18.7 Å². The number of nitrogens with one attached hydrogen (secondary N) is 4. The predicted molar refractivity (Wildman–Crippen MR) is 125 cm³/mol. The van der Waals surface area contributed by atoms with Crippen LogP contribution in [0.3, 0.4) is 0 Å². The maximum Gasteiger partial charge on any atom is 0.320 e. The molecule has 0 spiro atoms. The Balaban J connectivity index is 1.53. The van der Waals surface area contributed by atoms with Crippen LogP contribution in [-0.2, 0) is 0 Å². The van der Waals surface area contributed by atoms with Crippen molar-refractivity contribution in [3.63, 3.8) is 0 Å². The van der Waals surface area contributed by atoms with Crippen LogP contribution in [0.5, 0.6) is 0 Å². The molecule has 0 aromatic heterocycles. The maximum absolute atomic E-state index is 13.9. The molecule has 1 aliphatic carbocycles. The third-order valence-electron chi connectivity index (χ3n) is 6.18. The van der Waals surface area contributed by atoms with Crippen molar-refractivity contribution < 1.29 is 13.6 Å². The molecule has 2 aromatic carbocycles. The molecule has 176 valence electrons. The maximum atomic E-state index is 13.9. The fraction of sp³-hybridized carbons (Fsp3) is 0.320. The van der Waals surface area contributed by atoms with Crippen molar-refractivity contribution >= 4 is 17.4 Å². The van der Waals surface area contributed by atoms with Gasteiger partial charge in [-0.3, -0.25) is 10.2 Å². The second-order valence-corrected chi connectivity index (χ2v) is 8.51. The molecular weight excluding hydrogens is 438 g/mol. The molecule has 2 fully saturated rings. The standard InChI is InChI=1S/C25H26F2N6O/c26-20-10-9-16(13-21(20)27)19-14-33(12-11-28)15-23(19)31-25(34)32-24(18-7-4-8-22(18)29)30-17-5-2-1-3-6-17/h1-3,5-6,9-10,13,19,23,29-30H,4,7-8,12,14-15H2,(H2,31,32,34)/b24-18+,29-22?/t19-,23+/m0/s1. The fourth-order valence-corrected chi connectivity index (χ4v) is 4.53. The molecule has 0 radical (unpaired) electrons. The minimum Gasteiger partial charge on any atom is -0.341 e. The molecule has 7 nitrogen and oxygen atoms in total. The van der Waals surface area contributed by atoms with E-state index in [0.29, 0.717) is 43.0 Å². The number of amides is 2. The summed E-state index contributed by atoms with van der Waals surface area (Å²) in [6.07, 6.45) is 2.19. The summed E-state index contributed by atoms with van der Waals surface area (Å²) in [5, 5.41) is 26.4. The van der Waals surface area contributed by atoms with E-state index in [-0.39, 0.29) is 12.5 Å². The van der Waals surface area contributed by atoms with Crippen LogP contribution < -0.4 is 16.0 Å². The van der Waals surface area contributed by atoms with Gasteiger partial charge in [0, 0.05) is 36.0 Å². The summed E-state index contributed by atoms with van der Waals surface area (Å²) in [7, 11) is 0. The molecular formula is C25H26F2N6O. The molecule has 2 amide bonds. The van der Waals surface area contributed by atoms with Crippen LogP contribution in [0.2, 0.25) is 0 Å². The highest BCUT2D eigenvalue weighted by Crippen LogP contribution is 2.29. The smallest absolute Gasteiger partial charge is 0.320 e. The first-order valence-corrected chi connectivity index (χ1v) is 11.2. The Hall–Kier alpha value is -3.77. The van der Waals surface area contributed by atoms with Crippen molar-refractivity contribution in [2.24, 2.45) is 0 Å². The molecule has 0 unspecified atom stereocenters. The average Bonchev–Trinajstić information content (AvgIpc) is 3.42. The first kappa shape index (κ1) is 23.4. The van der Waals surface area contributed by atoms with Crippen molar-refractivity contribution in [3.8, 4) is 6.07 Å². The average molecular weight is 465 g/mol. The lowest BCUT2D eigenvalue weighted by Crippen LogP contribution is -2.46. The fourth-order valence-electron chi connectivity index (χ4n) is 4.53. The van der Waals surface area contributed by atoms with Gasteiger partial charge in [-0.1, -0.05) is 24.3 Å². The number of anilines is 1. The van der Waals surface area contributed by atoms with E-state index < -0.39 is 23.7 Å².